The maximum absolute atomic E-state index is 13.3. The first-order chi connectivity index (χ1) is 17.7. The van der Waals surface area contributed by atoms with Gasteiger partial charge in [0, 0.05) is 12.8 Å². The van der Waals surface area contributed by atoms with Crippen LogP contribution in [0.3, 0.4) is 0 Å². The summed E-state index contributed by atoms with van der Waals surface area (Å²) in [5.74, 6) is -1.21. The number of rotatable bonds is 10. The van der Waals surface area contributed by atoms with Gasteiger partial charge in [0.1, 0.15) is 0 Å². The molecule has 0 saturated carbocycles. The number of fused-ring (bicyclic) bond motifs is 1. The van der Waals surface area contributed by atoms with Crippen molar-refractivity contribution in [2.24, 2.45) is 0 Å². The number of urea groups is 1. The zero-order valence-electron chi connectivity index (χ0n) is 21.8. The molecule has 0 aliphatic carbocycles. The summed E-state index contributed by atoms with van der Waals surface area (Å²) in [4.78, 5) is 38.6. The van der Waals surface area contributed by atoms with Crippen molar-refractivity contribution in [2.45, 2.75) is 26.8 Å². The SMILES string of the molecule is COCCOC[C@H](NC(=O)c1cc2ccccc2cc1NC(=O)Nc1c(C)cc(C)cc1C)C(=O)OC. The first-order valence-corrected chi connectivity index (χ1v) is 11.9. The van der Waals surface area contributed by atoms with E-state index in [2.05, 4.69) is 16.0 Å². The monoisotopic (exact) mass is 507 g/mol. The summed E-state index contributed by atoms with van der Waals surface area (Å²) in [7, 11) is 2.77. The highest BCUT2D eigenvalue weighted by atomic mass is 16.5. The van der Waals surface area contributed by atoms with Gasteiger partial charge in [-0.05, 0) is 54.8 Å². The third-order valence-electron chi connectivity index (χ3n) is 5.80. The number of nitrogens with one attached hydrogen (secondary N) is 3. The number of ether oxygens (including phenoxy) is 3. The number of benzene rings is 3. The number of esters is 1. The molecule has 1 atom stereocenters. The number of hydrogen-bond acceptors (Lipinski definition) is 6. The van der Waals surface area contributed by atoms with Gasteiger partial charge in [-0.2, -0.15) is 0 Å². The van der Waals surface area contributed by atoms with Gasteiger partial charge < -0.3 is 30.2 Å². The molecule has 196 valence electrons. The average Bonchev–Trinajstić information content (AvgIpc) is 2.87. The Labute approximate surface area is 216 Å². The van der Waals surface area contributed by atoms with Crippen LogP contribution in [-0.4, -0.2) is 58.0 Å². The smallest absolute Gasteiger partial charge is 0.330 e. The van der Waals surface area contributed by atoms with E-state index in [1.807, 2.05) is 57.2 Å². The minimum atomic E-state index is -1.04. The Morgan fingerprint density at radius 1 is 0.865 bits per heavy atom. The predicted molar refractivity (Wildman–Crippen MR) is 143 cm³/mol. The Hall–Kier alpha value is -3.95. The third-order valence-corrected chi connectivity index (χ3v) is 5.80. The Balaban J connectivity index is 1.88. The Kier molecular flexibility index (Phi) is 9.59. The standard InChI is InChI=1S/C28H33N3O6/c1-17-12-18(2)25(19(3)13-17)31-28(34)30-23-15-21-9-7-6-8-20(21)14-22(23)26(32)29-24(27(33)36-5)16-37-11-10-35-4/h6-9,12-15,24H,10-11,16H2,1-5H3,(H,29,32)(H2,30,31,34)/t24-/m0/s1. The van der Waals surface area contributed by atoms with Crippen LogP contribution in [0.15, 0.2) is 48.5 Å². The first kappa shape index (κ1) is 27.6. The van der Waals surface area contributed by atoms with Crippen molar-refractivity contribution in [3.63, 3.8) is 0 Å². The van der Waals surface area contributed by atoms with Crippen molar-refractivity contribution >= 4 is 40.1 Å². The van der Waals surface area contributed by atoms with E-state index >= 15 is 0 Å². The molecule has 9 heteroatoms. The van der Waals surface area contributed by atoms with Gasteiger partial charge in [0.25, 0.3) is 5.91 Å². The van der Waals surface area contributed by atoms with Crippen LogP contribution in [0, 0.1) is 20.8 Å². The molecule has 3 aromatic carbocycles. The van der Waals surface area contributed by atoms with Crippen LogP contribution in [0.5, 0.6) is 0 Å². The summed E-state index contributed by atoms with van der Waals surface area (Å²) in [6.07, 6.45) is 0. The van der Waals surface area contributed by atoms with Gasteiger partial charge in [0.05, 0.1) is 38.2 Å². The molecule has 0 bridgehead atoms. The molecule has 0 aliphatic heterocycles. The lowest BCUT2D eigenvalue weighted by Crippen LogP contribution is -2.45. The van der Waals surface area contributed by atoms with Crippen molar-refractivity contribution < 1.29 is 28.6 Å². The fourth-order valence-corrected chi connectivity index (χ4v) is 4.07. The molecule has 9 nitrogen and oxygen atoms in total. The van der Waals surface area contributed by atoms with E-state index in [0.29, 0.717) is 18.0 Å². The Morgan fingerprint density at radius 2 is 1.51 bits per heavy atom. The van der Waals surface area contributed by atoms with Gasteiger partial charge in [0.2, 0.25) is 0 Å². The second kappa shape index (κ2) is 12.8. The molecular weight excluding hydrogens is 474 g/mol. The lowest BCUT2D eigenvalue weighted by Gasteiger charge is -2.19. The van der Waals surface area contributed by atoms with Gasteiger partial charge in [-0.1, -0.05) is 42.0 Å². The molecule has 0 fully saturated rings. The van der Waals surface area contributed by atoms with E-state index in [0.717, 1.165) is 27.5 Å². The molecule has 0 heterocycles. The lowest BCUT2D eigenvalue weighted by molar-refractivity contribution is -0.144. The van der Waals surface area contributed by atoms with Crippen LogP contribution in [-0.2, 0) is 19.0 Å². The van der Waals surface area contributed by atoms with E-state index in [-0.39, 0.29) is 18.8 Å². The summed E-state index contributed by atoms with van der Waals surface area (Å²) < 4.78 is 15.2. The van der Waals surface area contributed by atoms with Crippen LogP contribution >= 0.6 is 0 Å². The van der Waals surface area contributed by atoms with Crippen molar-refractivity contribution in [3.8, 4) is 0 Å². The molecule has 0 aliphatic rings. The van der Waals surface area contributed by atoms with E-state index in [1.165, 1.54) is 14.2 Å². The highest BCUT2D eigenvalue weighted by Crippen LogP contribution is 2.26. The second-order valence-electron chi connectivity index (χ2n) is 8.71. The third kappa shape index (κ3) is 7.28. The average molecular weight is 508 g/mol. The maximum atomic E-state index is 13.3. The Morgan fingerprint density at radius 3 is 2.14 bits per heavy atom. The van der Waals surface area contributed by atoms with Crippen molar-refractivity contribution in [2.75, 3.05) is 44.7 Å². The summed E-state index contributed by atoms with van der Waals surface area (Å²) in [5.41, 5.74) is 4.14. The molecule has 3 amide bonds. The van der Waals surface area contributed by atoms with Gasteiger partial charge in [0.15, 0.2) is 6.04 Å². The van der Waals surface area contributed by atoms with Crippen LogP contribution in [0.4, 0.5) is 16.2 Å². The fourth-order valence-electron chi connectivity index (χ4n) is 4.07. The van der Waals surface area contributed by atoms with Crippen molar-refractivity contribution in [1.29, 1.82) is 0 Å². The van der Waals surface area contributed by atoms with Gasteiger partial charge in [-0.15, -0.1) is 0 Å². The number of anilines is 2. The molecule has 3 rings (SSSR count). The quantitative estimate of drug-likeness (QED) is 0.278. The molecule has 37 heavy (non-hydrogen) atoms. The van der Waals surface area contributed by atoms with Crippen LogP contribution in [0.25, 0.3) is 10.8 Å². The number of carbonyl (C=O) groups is 3. The minimum Gasteiger partial charge on any atom is -0.467 e. The number of hydrogen-bond donors (Lipinski definition) is 3. The highest BCUT2D eigenvalue weighted by Gasteiger charge is 2.24. The molecule has 3 aromatic rings. The summed E-state index contributed by atoms with van der Waals surface area (Å²) in [6, 6.07) is 13.3. The summed E-state index contributed by atoms with van der Waals surface area (Å²) in [6.45, 7) is 6.34. The van der Waals surface area contributed by atoms with Crippen molar-refractivity contribution in [1.82, 2.24) is 5.32 Å². The van der Waals surface area contributed by atoms with E-state index in [1.54, 1.807) is 12.1 Å². The van der Waals surface area contributed by atoms with E-state index in [9.17, 15) is 14.4 Å². The van der Waals surface area contributed by atoms with Gasteiger partial charge in [-0.3, -0.25) is 4.79 Å². The molecule has 0 spiro atoms. The number of carbonyl (C=O) groups excluding carboxylic acids is 3. The molecule has 0 unspecified atom stereocenters. The topological polar surface area (TPSA) is 115 Å². The van der Waals surface area contributed by atoms with Crippen LogP contribution in [0.2, 0.25) is 0 Å². The largest absolute Gasteiger partial charge is 0.467 e. The molecule has 3 N–H and O–H groups in total. The molecule has 0 radical (unpaired) electrons. The second-order valence-corrected chi connectivity index (χ2v) is 8.71. The van der Waals surface area contributed by atoms with E-state index < -0.39 is 23.9 Å². The van der Waals surface area contributed by atoms with Crippen molar-refractivity contribution in [3.05, 3.63) is 70.8 Å². The molecule has 0 saturated heterocycles. The predicted octanol–water partition coefficient (Wildman–Crippen LogP) is 4.34. The van der Waals surface area contributed by atoms with Gasteiger partial charge >= 0.3 is 12.0 Å². The lowest BCUT2D eigenvalue weighted by atomic mass is 10.0. The first-order valence-electron chi connectivity index (χ1n) is 11.9. The molecule has 0 aromatic heterocycles. The fraction of sp³-hybridized carbons (Fsp3) is 0.321. The van der Waals surface area contributed by atoms with Crippen LogP contribution in [0.1, 0.15) is 27.0 Å². The molecular formula is C28H33N3O6. The maximum Gasteiger partial charge on any atom is 0.330 e. The van der Waals surface area contributed by atoms with Crippen LogP contribution < -0.4 is 16.0 Å². The normalized spacial score (nSPS) is 11.6. The number of amides is 3. The Bertz CT molecular complexity index is 1270. The number of methoxy groups -OCH3 is 2. The highest BCUT2D eigenvalue weighted by molar-refractivity contribution is 6.10. The summed E-state index contributed by atoms with van der Waals surface area (Å²) in [5, 5.41) is 9.99. The zero-order chi connectivity index (χ0) is 26.9. The summed E-state index contributed by atoms with van der Waals surface area (Å²) >= 11 is 0. The zero-order valence-corrected chi connectivity index (χ0v) is 21.8. The number of aryl methyl sites for hydroxylation is 3. The van der Waals surface area contributed by atoms with E-state index in [4.69, 9.17) is 14.2 Å². The van der Waals surface area contributed by atoms with Gasteiger partial charge in [-0.25, -0.2) is 9.59 Å². The minimum absolute atomic E-state index is 0.0927.